The van der Waals surface area contributed by atoms with Crippen LogP contribution in [0, 0.1) is 12.7 Å². The zero-order valence-electron chi connectivity index (χ0n) is 13.6. The first-order valence-electron chi connectivity index (χ1n) is 7.56. The number of carbonyl (C=O) groups excluding carboxylic acids is 1. The Morgan fingerprint density at radius 3 is 2.58 bits per heavy atom. The Morgan fingerprint density at radius 1 is 1.04 bits per heavy atom. The minimum Gasteiger partial charge on any atom is -0.338 e. The molecule has 3 aromatic rings. The first kappa shape index (κ1) is 18.1. The van der Waals surface area contributed by atoms with E-state index in [0.29, 0.717) is 27.4 Å². The second-order valence-electron chi connectivity index (χ2n) is 5.37. The summed E-state index contributed by atoms with van der Waals surface area (Å²) in [5.74, 6) is -0.268. The van der Waals surface area contributed by atoms with Crippen LogP contribution in [0.4, 0.5) is 21.6 Å². The predicted molar refractivity (Wildman–Crippen MR) is 101 cm³/mol. The van der Waals surface area contributed by atoms with E-state index >= 15 is 0 Å². The lowest BCUT2D eigenvalue weighted by Gasteiger charge is -2.10. The molecular weight excluding hydrogens is 378 g/mol. The van der Waals surface area contributed by atoms with Crippen LogP contribution in [0.15, 0.2) is 48.5 Å². The van der Waals surface area contributed by atoms with E-state index in [0.717, 1.165) is 0 Å². The fourth-order valence-electron chi connectivity index (χ4n) is 2.23. The summed E-state index contributed by atoms with van der Waals surface area (Å²) < 4.78 is 13.8. The average molecular weight is 391 g/mol. The molecule has 0 aliphatic carbocycles. The molecule has 0 bridgehead atoms. The van der Waals surface area contributed by atoms with Gasteiger partial charge in [-0.3, -0.25) is 4.79 Å². The Bertz CT molecular complexity index is 981. The lowest BCUT2D eigenvalue weighted by Crippen LogP contribution is -2.15. The van der Waals surface area contributed by atoms with E-state index in [9.17, 15) is 9.18 Å². The minimum atomic E-state index is -0.490. The Balaban J connectivity index is 1.86. The molecule has 0 aliphatic rings. The van der Waals surface area contributed by atoms with E-state index in [1.165, 1.54) is 18.2 Å². The molecule has 3 rings (SSSR count). The number of aromatic nitrogens is 2. The lowest BCUT2D eigenvalue weighted by molar-refractivity contribution is 0.102. The van der Waals surface area contributed by atoms with Gasteiger partial charge in [-0.2, -0.15) is 0 Å². The molecule has 0 saturated heterocycles. The molecule has 0 atom stereocenters. The normalized spacial score (nSPS) is 10.5. The van der Waals surface area contributed by atoms with Crippen molar-refractivity contribution in [3.8, 4) is 0 Å². The smallest absolute Gasteiger partial charge is 0.274 e. The molecule has 1 heterocycles. The number of benzene rings is 2. The maximum atomic E-state index is 13.8. The Labute approximate surface area is 159 Å². The number of para-hydroxylation sites is 1. The Morgan fingerprint density at radius 2 is 1.81 bits per heavy atom. The number of nitrogens with one attached hydrogen (secondary N) is 2. The third-order valence-electron chi connectivity index (χ3n) is 3.38. The summed E-state index contributed by atoms with van der Waals surface area (Å²) in [6.45, 7) is 1.63. The van der Waals surface area contributed by atoms with Gasteiger partial charge in [0.05, 0.1) is 16.4 Å². The molecule has 1 amide bonds. The number of amides is 1. The van der Waals surface area contributed by atoms with Gasteiger partial charge >= 0.3 is 0 Å². The van der Waals surface area contributed by atoms with Crippen LogP contribution in [0.5, 0.6) is 0 Å². The summed E-state index contributed by atoms with van der Waals surface area (Å²) in [7, 11) is 0. The third kappa shape index (κ3) is 4.28. The van der Waals surface area contributed by atoms with Crippen molar-refractivity contribution in [3.05, 3.63) is 75.9 Å². The quantitative estimate of drug-likeness (QED) is 0.640. The van der Waals surface area contributed by atoms with Crippen molar-refractivity contribution in [2.75, 3.05) is 10.6 Å². The highest BCUT2D eigenvalue weighted by Crippen LogP contribution is 2.26. The highest BCUT2D eigenvalue weighted by atomic mass is 35.5. The summed E-state index contributed by atoms with van der Waals surface area (Å²) in [5.41, 5.74) is 0.714. The molecule has 2 aromatic carbocycles. The molecule has 0 spiro atoms. The number of aryl methyl sites for hydroxylation is 1. The van der Waals surface area contributed by atoms with Crippen molar-refractivity contribution in [2.24, 2.45) is 0 Å². The second-order valence-corrected chi connectivity index (χ2v) is 6.21. The average Bonchev–Trinajstić information content (AvgIpc) is 2.59. The fraction of sp³-hybridized carbons (Fsp3) is 0.0556. The maximum absolute atomic E-state index is 13.8. The third-order valence-corrected chi connectivity index (χ3v) is 3.95. The molecule has 8 heteroatoms. The van der Waals surface area contributed by atoms with Crippen molar-refractivity contribution in [2.45, 2.75) is 6.92 Å². The van der Waals surface area contributed by atoms with Gasteiger partial charge in [0.1, 0.15) is 23.2 Å². The van der Waals surface area contributed by atoms with Gasteiger partial charge in [-0.25, -0.2) is 14.4 Å². The molecule has 26 heavy (non-hydrogen) atoms. The highest BCUT2D eigenvalue weighted by molar-refractivity contribution is 6.35. The van der Waals surface area contributed by atoms with Crippen LogP contribution in [0.3, 0.4) is 0 Å². The van der Waals surface area contributed by atoms with E-state index in [2.05, 4.69) is 20.6 Å². The molecule has 0 aliphatic heterocycles. The summed E-state index contributed by atoms with van der Waals surface area (Å²) in [5, 5.41) is 6.27. The van der Waals surface area contributed by atoms with Crippen LogP contribution >= 0.6 is 23.2 Å². The topological polar surface area (TPSA) is 66.9 Å². The summed E-state index contributed by atoms with van der Waals surface area (Å²) in [6.07, 6.45) is 0. The Hall–Kier alpha value is -2.70. The van der Waals surface area contributed by atoms with Crippen LogP contribution in [0.25, 0.3) is 0 Å². The van der Waals surface area contributed by atoms with E-state index < -0.39 is 11.7 Å². The maximum Gasteiger partial charge on any atom is 0.274 e. The molecule has 1 aromatic heterocycles. The number of halogens is 3. The number of nitrogens with zero attached hydrogens (tertiary/aromatic N) is 2. The number of hydrogen-bond donors (Lipinski definition) is 2. The van der Waals surface area contributed by atoms with E-state index in [1.54, 1.807) is 37.3 Å². The minimum absolute atomic E-state index is 0.104. The lowest BCUT2D eigenvalue weighted by atomic mass is 10.2. The van der Waals surface area contributed by atoms with Gasteiger partial charge < -0.3 is 10.6 Å². The predicted octanol–water partition coefficient (Wildman–Crippen LogP) is 5.23. The Kier molecular flexibility index (Phi) is 5.35. The van der Waals surface area contributed by atoms with Crippen molar-refractivity contribution in [1.82, 2.24) is 9.97 Å². The number of carbonyl (C=O) groups is 1. The molecule has 0 radical (unpaired) electrons. The van der Waals surface area contributed by atoms with Gasteiger partial charge in [0.25, 0.3) is 5.91 Å². The molecule has 5 nitrogen and oxygen atoms in total. The van der Waals surface area contributed by atoms with Crippen molar-refractivity contribution in [1.29, 1.82) is 0 Å². The van der Waals surface area contributed by atoms with Gasteiger partial charge in [0, 0.05) is 11.1 Å². The summed E-state index contributed by atoms with van der Waals surface area (Å²) in [6, 6.07) is 12.3. The highest BCUT2D eigenvalue weighted by Gasteiger charge is 2.13. The summed E-state index contributed by atoms with van der Waals surface area (Å²) >= 11 is 12.0. The monoisotopic (exact) mass is 390 g/mol. The molecule has 2 N–H and O–H groups in total. The first-order valence-corrected chi connectivity index (χ1v) is 8.31. The first-order chi connectivity index (χ1) is 12.4. The second kappa shape index (κ2) is 7.68. The standard InChI is InChI=1S/C18H13Cl2FN4O/c1-10-22-16(18(26)25-15-8-11(19)6-7-12(15)20)9-17(23-10)24-14-5-3-2-4-13(14)21/h2-9H,1H3,(H,25,26)(H,22,23,24). The SMILES string of the molecule is Cc1nc(Nc2ccccc2F)cc(C(=O)Nc2cc(Cl)ccc2Cl)n1. The molecule has 0 unspecified atom stereocenters. The molecule has 0 fully saturated rings. The van der Waals surface area contributed by atoms with E-state index in [1.807, 2.05) is 0 Å². The molecular formula is C18H13Cl2FN4O. The zero-order chi connectivity index (χ0) is 18.7. The van der Waals surface area contributed by atoms with Gasteiger partial charge in [0.15, 0.2) is 0 Å². The van der Waals surface area contributed by atoms with Gasteiger partial charge in [-0.05, 0) is 37.3 Å². The largest absolute Gasteiger partial charge is 0.338 e. The van der Waals surface area contributed by atoms with Crippen molar-refractivity contribution < 1.29 is 9.18 Å². The zero-order valence-corrected chi connectivity index (χ0v) is 15.1. The van der Waals surface area contributed by atoms with Gasteiger partial charge in [-0.15, -0.1) is 0 Å². The van der Waals surface area contributed by atoms with Gasteiger partial charge in [0.2, 0.25) is 0 Å². The van der Waals surface area contributed by atoms with Gasteiger partial charge in [-0.1, -0.05) is 35.3 Å². The number of rotatable bonds is 4. The molecule has 0 saturated carbocycles. The van der Waals surface area contributed by atoms with Crippen LogP contribution in [-0.2, 0) is 0 Å². The fourth-order valence-corrected chi connectivity index (χ4v) is 2.57. The van der Waals surface area contributed by atoms with E-state index in [4.69, 9.17) is 23.2 Å². The van der Waals surface area contributed by atoms with Crippen molar-refractivity contribution >= 4 is 46.3 Å². The number of anilines is 3. The van der Waals surface area contributed by atoms with Crippen molar-refractivity contribution in [3.63, 3.8) is 0 Å². The number of hydrogen-bond acceptors (Lipinski definition) is 4. The van der Waals surface area contributed by atoms with Crippen LogP contribution < -0.4 is 10.6 Å². The van der Waals surface area contributed by atoms with Crippen LogP contribution in [0.1, 0.15) is 16.3 Å². The molecule has 132 valence electrons. The van der Waals surface area contributed by atoms with E-state index in [-0.39, 0.29) is 11.4 Å². The van der Waals surface area contributed by atoms with Crippen LogP contribution in [-0.4, -0.2) is 15.9 Å². The summed E-state index contributed by atoms with van der Waals surface area (Å²) in [4.78, 5) is 20.8. The van der Waals surface area contributed by atoms with Crippen LogP contribution in [0.2, 0.25) is 10.0 Å².